The maximum absolute atomic E-state index is 12.4. The molecule has 0 aromatic rings. The Kier molecular flexibility index (Phi) is 2.52. The predicted octanol–water partition coefficient (Wildman–Crippen LogP) is 2.78. The molecule has 1 aliphatic carbocycles. The Morgan fingerprint density at radius 1 is 1.17 bits per heavy atom. The molecule has 0 N–H and O–H groups in total. The third-order valence-corrected chi connectivity index (χ3v) is 4.81. The summed E-state index contributed by atoms with van der Waals surface area (Å²) in [5.41, 5.74) is 1.85. The van der Waals surface area contributed by atoms with Crippen molar-refractivity contribution in [3.05, 3.63) is 11.1 Å². The van der Waals surface area contributed by atoms with Gasteiger partial charge >= 0.3 is 0 Å². The molecule has 3 fully saturated rings. The number of fused-ring (bicyclic) bond motifs is 2. The number of ether oxygens (including phenoxy) is 2. The molecule has 0 bridgehead atoms. The van der Waals surface area contributed by atoms with Crippen LogP contribution in [0.15, 0.2) is 11.1 Å². The van der Waals surface area contributed by atoms with E-state index in [1.807, 2.05) is 13.8 Å². The molecule has 0 aromatic carbocycles. The number of Topliss-reactive ketones (excluding diaryl/α,β-unsaturated/α-hetero) is 1. The number of hydrogen-bond acceptors (Lipinski definition) is 3. The van der Waals surface area contributed by atoms with Gasteiger partial charge in [-0.2, -0.15) is 0 Å². The molecule has 3 heteroatoms. The van der Waals surface area contributed by atoms with Gasteiger partial charge in [-0.05, 0) is 46.1 Å². The van der Waals surface area contributed by atoms with E-state index in [1.54, 1.807) is 0 Å². The van der Waals surface area contributed by atoms with Gasteiger partial charge in [0.05, 0.1) is 23.4 Å². The summed E-state index contributed by atoms with van der Waals surface area (Å²) < 4.78 is 11.6. The first kappa shape index (κ1) is 12.4. The van der Waals surface area contributed by atoms with E-state index in [9.17, 15) is 4.79 Å². The van der Waals surface area contributed by atoms with Gasteiger partial charge in [0.25, 0.3) is 0 Å². The molecule has 0 spiro atoms. The lowest BCUT2D eigenvalue weighted by Gasteiger charge is -2.14. The van der Waals surface area contributed by atoms with Crippen molar-refractivity contribution in [3.63, 3.8) is 0 Å². The van der Waals surface area contributed by atoms with Crippen molar-refractivity contribution < 1.29 is 14.3 Å². The first-order valence-electron chi connectivity index (χ1n) is 6.89. The number of rotatable bonds is 0. The second-order valence-corrected chi connectivity index (χ2v) is 6.66. The molecule has 18 heavy (non-hydrogen) atoms. The summed E-state index contributed by atoms with van der Waals surface area (Å²) in [7, 11) is 0. The minimum Gasteiger partial charge on any atom is -0.366 e. The average Bonchev–Trinajstić information content (AvgIpc) is 3.09. The predicted molar refractivity (Wildman–Crippen MR) is 68.4 cm³/mol. The van der Waals surface area contributed by atoms with Crippen LogP contribution in [-0.4, -0.2) is 29.2 Å². The molecular weight excluding hydrogens is 228 g/mol. The first-order chi connectivity index (χ1) is 8.34. The molecule has 3 aliphatic rings. The Bertz CT molecular complexity index is 435. The monoisotopic (exact) mass is 250 g/mol. The lowest BCUT2D eigenvalue weighted by atomic mass is 9.85. The number of carbonyl (C=O) groups excluding carboxylic acids is 1. The number of hydrogen-bond donors (Lipinski definition) is 0. The SMILES string of the molecule is CC(C)=C1CC2O[C@]2(C)CCC2O[C@]2(C)CC1=O. The molecule has 4 atom stereocenters. The molecule has 0 amide bonds. The molecule has 2 unspecified atom stereocenters. The van der Waals surface area contributed by atoms with E-state index in [4.69, 9.17) is 9.47 Å². The lowest BCUT2D eigenvalue weighted by Crippen LogP contribution is -2.23. The lowest BCUT2D eigenvalue weighted by molar-refractivity contribution is -0.116. The Balaban J connectivity index is 1.86. The van der Waals surface area contributed by atoms with Gasteiger partial charge in [-0.3, -0.25) is 4.79 Å². The van der Waals surface area contributed by atoms with E-state index in [2.05, 4.69) is 13.8 Å². The summed E-state index contributed by atoms with van der Waals surface area (Å²) in [5.74, 6) is 0.250. The number of ketones is 1. The van der Waals surface area contributed by atoms with E-state index in [0.717, 1.165) is 30.4 Å². The van der Waals surface area contributed by atoms with Crippen molar-refractivity contribution in [1.82, 2.24) is 0 Å². The van der Waals surface area contributed by atoms with E-state index in [0.29, 0.717) is 6.42 Å². The van der Waals surface area contributed by atoms with Gasteiger partial charge < -0.3 is 9.47 Å². The number of epoxide rings is 2. The Labute approximate surface area is 109 Å². The number of allylic oxidation sites excluding steroid dienone is 1. The fourth-order valence-corrected chi connectivity index (χ4v) is 3.20. The molecule has 2 heterocycles. The van der Waals surface area contributed by atoms with Crippen LogP contribution in [0.25, 0.3) is 0 Å². The van der Waals surface area contributed by atoms with Crippen LogP contribution in [0.2, 0.25) is 0 Å². The van der Waals surface area contributed by atoms with Crippen LogP contribution in [0.4, 0.5) is 0 Å². The minimum atomic E-state index is -0.212. The Morgan fingerprint density at radius 2 is 1.83 bits per heavy atom. The van der Waals surface area contributed by atoms with E-state index < -0.39 is 0 Å². The van der Waals surface area contributed by atoms with Gasteiger partial charge in [0.15, 0.2) is 5.78 Å². The van der Waals surface area contributed by atoms with Crippen LogP contribution >= 0.6 is 0 Å². The van der Waals surface area contributed by atoms with Crippen LogP contribution in [0.3, 0.4) is 0 Å². The maximum atomic E-state index is 12.4. The quantitative estimate of drug-likeness (QED) is 0.490. The molecule has 0 radical (unpaired) electrons. The zero-order valence-electron chi connectivity index (χ0n) is 11.7. The molecule has 3 nitrogen and oxygen atoms in total. The van der Waals surface area contributed by atoms with E-state index >= 15 is 0 Å². The van der Waals surface area contributed by atoms with Gasteiger partial charge in [0.2, 0.25) is 0 Å². The highest BCUT2D eigenvalue weighted by Crippen LogP contribution is 2.50. The molecule has 2 saturated heterocycles. The standard InChI is InChI=1S/C15H22O3/c1-9(2)10-7-13-14(3,18-13)6-5-12-15(4,17-12)8-11(10)16/h12-13H,5-8H2,1-4H3/t12?,13?,14-,15-/m1/s1. The maximum Gasteiger partial charge on any atom is 0.161 e. The molecule has 3 rings (SSSR count). The van der Waals surface area contributed by atoms with Crippen molar-refractivity contribution >= 4 is 5.78 Å². The smallest absolute Gasteiger partial charge is 0.161 e. The zero-order chi connectivity index (χ0) is 13.1. The normalized spacial score (nSPS) is 47.1. The molecular formula is C15H22O3. The second kappa shape index (κ2) is 3.67. The number of carbonyl (C=O) groups is 1. The van der Waals surface area contributed by atoms with Gasteiger partial charge in [-0.1, -0.05) is 5.57 Å². The van der Waals surface area contributed by atoms with Crippen molar-refractivity contribution in [2.75, 3.05) is 0 Å². The summed E-state index contributed by atoms with van der Waals surface area (Å²) >= 11 is 0. The molecule has 1 saturated carbocycles. The highest BCUT2D eigenvalue weighted by molar-refractivity contribution is 5.97. The summed E-state index contributed by atoms with van der Waals surface area (Å²) in [6.07, 6.45) is 3.84. The Morgan fingerprint density at radius 3 is 2.50 bits per heavy atom. The molecule has 0 aromatic heterocycles. The second-order valence-electron chi connectivity index (χ2n) is 6.66. The topological polar surface area (TPSA) is 42.1 Å². The van der Waals surface area contributed by atoms with Crippen LogP contribution in [0.1, 0.15) is 53.4 Å². The Hall–Kier alpha value is -0.670. The first-order valence-corrected chi connectivity index (χ1v) is 6.89. The van der Waals surface area contributed by atoms with Gasteiger partial charge in [0, 0.05) is 12.8 Å². The summed E-state index contributed by atoms with van der Waals surface area (Å²) in [4.78, 5) is 12.4. The van der Waals surface area contributed by atoms with Crippen molar-refractivity contribution in [2.24, 2.45) is 0 Å². The van der Waals surface area contributed by atoms with Crippen LogP contribution < -0.4 is 0 Å². The highest BCUT2D eigenvalue weighted by atomic mass is 16.6. The highest BCUT2D eigenvalue weighted by Gasteiger charge is 2.58. The molecule has 100 valence electrons. The van der Waals surface area contributed by atoms with Crippen LogP contribution in [0, 0.1) is 0 Å². The fourth-order valence-electron chi connectivity index (χ4n) is 3.20. The zero-order valence-corrected chi connectivity index (χ0v) is 11.7. The summed E-state index contributed by atoms with van der Waals surface area (Å²) in [6, 6.07) is 0. The average molecular weight is 250 g/mol. The fraction of sp³-hybridized carbons (Fsp3) is 0.800. The van der Waals surface area contributed by atoms with E-state index in [-0.39, 0.29) is 29.2 Å². The summed E-state index contributed by atoms with van der Waals surface area (Å²) in [5, 5.41) is 0. The van der Waals surface area contributed by atoms with Gasteiger partial charge in [-0.15, -0.1) is 0 Å². The van der Waals surface area contributed by atoms with Crippen molar-refractivity contribution in [2.45, 2.75) is 76.8 Å². The largest absolute Gasteiger partial charge is 0.366 e. The van der Waals surface area contributed by atoms with Crippen molar-refractivity contribution in [1.29, 1.82) is 0 Å². The summed E-state index contributed by atoms with van der Waals surface area (Å²) in [6.45, 7) is 8.26. The van der Waals surface area contributed by atoms with Gasteiger partial charge in [-0.25, -0.2) is 0 Å². The van der Waals surface area contributed by atoms with Crippen molar-refractivity contribution in [3.8, 4) is 0 Å². The molecule has 2 aliphatic heterocycles. The van der Waals surface area contributed by atoms with E-state index in [1.165, 1.54) is 0 Å². The van der Waals surface area contributed by atoms with Gasteiger partial charge in [0.1, 0.15) is 0 Å². The third kappa shape index (κ3) is 1.94. The van der Waals surface area contributed by atoms with Crippen LogP contribution in [0.5, 0.6) is 0 Å². The third-order valence-electron chi connectivity index (χ3n) is 4.81. The minimum absolute atomic E-state index is 0.0226. The van der Waals surface area contributed by atoms with Crippen LogP contribution in [-0.2, 0) is 14.3 Å².